The van der Waals surface area contributed by atoms with Crippen molar-refractivity contribution in [3.63, 3.8) is 0 Å². The van der Waals surface area contributed by atoms with Gasteiger partial charge in [-0.15, -0.1) is 36.2 Å². The van der Waals surface area contributed by atoms with Gasteiger partial charge in [-0.2, -0.15) is 0 Å². The molecule has 188 valence electrons. The first-order chi connectivity index (χ1) is 16.0. The van der Waals surface area contributed by atoms with Gasteiger partial charge >= 0.3 is 0 Å². The van der Waals surface area contributed by atoms with Gasteiger partial charge in [-0.1, -0.05) is 49.9 Å². The molecule has 2 aliphatic heterocycles. The number of amidine groups is 1. The Bertz CT molecular complexity index is 1180. The highest BCUT2D eigenvalue weighted by Crippen LogP contribution is 2.45. The van der Waals surface area contributed by atoms with E-state index in [0.29, 0.717) is 12.0 Å². The molecule has 5 rings (SSSR count). The molecule has 0 N–H and O–H groups in total. The summed E-state index contributed by atoms with van der Waals surface area (Å²) >= 11 is 3.76. The van der Waals surface area contributed by atoms with E-state index in [9.17, 15) is 4.39 Å². The summed E-state index contributed by atoms with van der Waals surface area (Å²) in [7, 11) is 2.21. The molecule has 0 bridgehead atoms. The maximum absolute atomic E-state index is 13.6. The lowest BCUT2D eigenvalue weighted by atomic mass is 10.0. The number of para-hydroxylation sites is 1. The molecule has 1 fully saturated rings. The minimum absolute atomic E-state index is 0. The molecule has 3 aromatic rings. The van der Waals surface area contributed by atoms with Crippen molar-refractivity contribution in [3.8, 4) is 0 Å². The van der Waals surface area contributed by atoms with E-state index in [0.717, 1.165) is 49.6 Å². The zero-order chi connectivity index (χ0) is 22.9. The van der Waals surface area contributed by atoms with Gasteiger partial charge in [-0.25, -0.2) is 9.38 Å². The molecule has 1 saturated heterocycles. The Balaban J connectivity index is 0.00000171. The Morgan fingerprint density at radius 2 is 1.86 bits per heavy atom. The topological polar surface area (TPSA) is 18.8 Å². The predicted octanol–water partition coefficient (Wildman–Crippen LogP) is 7.65. The van der Waals surface area contributed by atoms with Crippen LogP contribution in [0.25, 0.3) is 0 Å². The normalized spacial score (nSPS) is 17.6. The van der Waals surface area contributed by atoms with Crippen LogP contribution in [0.2, 0.25) is 0 Å². The summed E-state index contributed by atoms with van der Waals surface area (Å²) in [6.45, 7) is 7.42. The first-order valence-corrected chi connectivity index (χ1v) is 13.3. The lowest BCUT2D eigenvalue weighted by Crippen LogP contribution is -2.53. The molecule has 2 aliphatic rings. The van der Waals surface area contributed by atoms with Crippen molar-refractivity contribution in [1.29, 1.82) is 0 Å². The highest BCUT2D eigenvalue weighted by Gasteiger charge is 2.30. The third kappa shape index (κ3) is 6.23. The fourth-order valence-electron chi connectivity index (χ4n) is 4.54. The van der Waals surface area contributed by atoms with Crippen molar-refractivity contribution < 1.29 is 4.39 Å². The summed E-state index contributed by atoms with van der Waals surface area (Å²) in [6, 6.07) is 18.3. The van der Waals surface area contributed by atoms with Gasteiger partial charge in [-0.3, -0.25) is 4.90 Å². The van der Waals surface area contributed by atoms with Crippen molar-refractivity contribution in [2.45, 2.75) is 47.8 Å². The average Bonchev–Trinajstić information content (AvgIpc) is 3.15. The van der Waals surface area contributed by atoms with Gasteiger partial charge in [0.2, 0.25) is 0 Å². The Labute approximate surface area is 228 Å². The van der Waals surface area contributed by atoms with E-state index in [2.05, 4.69) is 61.0 Å². The van der Waals surface area contributed by atoms with Crippen LogP contribution in [0.5, 0.6) is 0 Å². The van der Waals surface area contributed by atoms with Crippen molar-refractivity contribution in [2.24, 2.45) is 4.99 Å². The van der Waals surface area contributed by atoms with Gasteiger partial charge in [0.15, 0.2) is 0 Å². The van der Waals surface area contributed by atoms with E-state index in [1.54, 1.807) is 12.1 Å². The van der Waals surface area contributed by atoms with E-state index >= 15 is 0 Å². The van der Waals surface area contributed by atoms with E-state index in [1.165, 1.54) is 25.6 Å². The van der Waals surface area contributed by atoms with Crippen LogP contribution in [0.4, 0.5) is 10.1 Å². The standard InChI is InChI=1S/C27H30FN3S2.2ClH/c1-18(2)25-16-22-26(29-23-9-4-5-10-24(23)32-27(22)33-25)31-14-13-30(3)21(17-31)12-11-19-7-6-8-20(28)15-19;;/h4-10,15-16,18,21H,11-14,17H2,1-3H3;2*1H/t21-;;/m0../s1. The van der Waals surface area contributed by atoms with Crippen LogP contribution in [0.1, 0.15) is 42.2 Å². The summed E-state index contributed by atoms with van der Waals surface area (Å²) < 4.78 is 15.0. The molecular weight excluding hydrogens is 520 g/mol. The second-order valence-corrected chi connectivity index (χ2v) is 11.7. The molecule has 35 heavy (non-hydrogen) atoms. The average molecular weight is 553 g/mol. The first-order valence-electron chi connectivity index (χ1n) is 11.7. The van der Waals surface area contributed by atoms with Crippen LogP contribution >= 0.6 is 47.9 Å². The van der Waals surface area contributed by atoms with Gasteiger partial charge in [0.1, 0.15) is 11.7 Å². The number of likely N-dealkylation sites (N-methyl/N-ethyl adjacent to an activating group) is 1. The molecule has 0 saturated carbocycles. The number of hydrogen-bond acceptors (Lipinski definition) is 5. The van der Waals surface area contributed by atoms with Gasteiger partial charge < -0.3 is 4.90 Å². The molecule has 3 heterocycles. The lowest BCUT2D eigenvalue weighted by Gasteiger charge is -2.41. The Morgan fingerprint density at radius 1 is 1.06 bits per heavy atom. The fourth-order valence-corrected chi connectivity index (χ4v) is 6.97. The number of aryl methyl sites for hydroxylation is 1. The molecule has 2 aromatic carbocycles. The second-order valence-electron chi connectivity index (χ2n) is 9.26. The first kappa shape index (κ1) is 28.0. The molecule has 0 aliphatic carbocycles. The van der Waals surface area contributed by atoms with Crippen LogP contribution < -0.4 is 0 Å². The van der Waals surface area contributed by atoms with Crippen LogP contribution in [0.15, 0.2) is 68.7 Å². The zero-order valence-electron chi connectivity index (χ0n) is 20.2. The largest absolute Gasteiger partial charge is 0.353 e. The number of nitrogens with zero attached hydrogens (tertiary/aromatic N) is 3. The summed E-state index contributed by atoms with van der Waals surface area (Å²) in [5, 5.41) is 0. The van der Waals surface area contributed by atoms with Gasteiger partial charge in [0.25, 0.3) is 0 Å². The third-order valence-corrected chi connectivity index (χ3v) is 9.25. The fraction of sp³-hybridized carbons (Fsp3) is 0.370. The maximum atomic E-state index is 13.6. The highest BCUT2D eigenvalue weighted by atomic mass is 35.5. The quantitative estimate of drug-likeness (QED) is 0.331. The number of fused-ring (bicyclic) bond motifs is 2. The SMILES string of the molecule is CC(C)c1cc2c(s1)Sc1ccccc1N=C2N1CCN(C)[C@@H](CCc2cccc(F)c2)C1.Cl.Cl. The van der Waals surface area contributed by atoms with Gasteiger partial charge in [0.05, 0.1) is 9.90 Å². The Morgan fingerprint density at radius 3 is 2.63 bits per heavy atom. The molecule has 1 aromatic heterocycles. The number of thiophene rings is 1. The lowest BCUT2D eigenvalue weighted by molar-refractivity contribution is 0.134. The predicted molar refractivity (Wildman–Crippen MR) is 152 cm³/mol. The molecule has 3 nitrogen and oxygen atoms in total. The number of aliphatic imine (C=N–C) groups is 1. The van der Waals surface area contributed by atoms with Crippen LogP contribution in [0, 0.1) is 5.82 Å². The van der Waals surface area contributed by atoms with Crippen molar-refractivity contribution >= 4 is 59.4 Å². The summed E-state index contributed by atoms with van der Waals surface area (Å²) in [5.41, 5.74) is 3.40. The summed E-state index contributed by atoms with van der Waals surface area (Å²) in [6.07, 6.45) is 1.88. The van der Waals surface area contributed by atoms with Crippen molar-refractivity contribution in [1.82, 2.24) is 9.80 Å². The van der Waals surface area contributed by atoms with E-state index in [1.807, 2.05) is 29.2 Å². The number of benzene rings is 2. The number of rotatable bonds is 4. The molecule has 0 spiro atoms. The molecule has 0 unspecified atom stereocenters. The number of piperazine rings is 1. The van der Waals surface area contributed by atoms with Crippen LogP contribution in [0.3, 0.4) is 0 Å². The van der Waals surface area contributed by atoms with Crippen LogP contribution in [-0.4, -0.2) is 48.4 Å². The Kier molecular flexibility index (Phi) is 9.69. The molecule has 0 radical (unpaired) electrons. The minimum Gasteiger partial charge on any atom is -0.353 e. The van der Waals surface area contributed by atoms with E-state index in [4.69, 9.17) is 4.99 Å². The highest BCUT2D eigenvalue weighted by molar-refractivity contribution is 8.01. The van der Waals surface area contributed by atoms with Gasteiger partial charge in [0, 0.05) is 41.0 Å². The molecule has 8 heteroatoms. The number of hydrogen-bond donors (Lipinski definition) is 0. The molecule has 1 atom stereocenters. The zero-order valence-corrected chi connectivity index (χ0v) is 23.5. The molecular formula is C27H32Cl2FN3S2. The smallest absolute Gasteiger partial charge is 0.138 e. The van der Waals surface area contributed by atoms with E-state index < -0.39 is 0 Å². The molecule has 0 amide bonds. The van der Waals surface area contributed by atoms with Crippen molar-refractivity contribution in [3.05, 3.63) is 76.4 Å². The number of halogens is 3. The van der Waals surface area contributed by atoms with Gasteiger partial charge in [-0.05, 0) is 61.7 Å². The van der Waals surface area contributed by atoms with Crippen molar-refractivity contribution in [2.75, 3.05) is 26.7 Å². The van der Waals surface area contributed by atoms with Crippen LogP contribution in [-0.2, 0) is 6.42 Å². The summed E-state index contributed by atoms with van der Waals surface area (Å²) in [4.78, 5) is 12.8. The maximum Gasteiger partial charge on any atom is 0.138 e. The van der Waals surface area contributed by atoms with E-state index in [-0.39, 0.29) is 30.6 Å². The minimum atomic E-state index is -0.152. The third-order valence-electron chi connectivity index (χ3n) is 6.55. The summed E-state index contributed by atoms with van der Waals surface area (Å²) in [5.74, 6) is 1.46. The monoisotopic (exact) mass is 551 g/mol. The second kappa shape index (κ2) is 12.1. The Hall–Kier alpha value is -1.57.